The van der Waals surface area contributed by atoms with Gasteiger partial charge in [-0.2, -0.15) is 0 Å². The number of carbonyl (C=O) groups excluding carboxylic acids is 2. The number of nitrogens with one attached hydrogen (secondary N) is 1. The summed E-state index contributed by atoms with van der Waals surface area (Å²) >= 11 is 0. The van der Waals surface area contributed by atoms with Crippen LogP contribution in [0.4, 0.5) is 0 Å². The molecular weight excluding hydrogens is 402 g/mol. The maximum atomic E-state index is 13.2. The number of para-hydroxylation sites is 1. The fourth-order valence-corrected chi connectivity index (χ4v) is 4.34. The number of fused-ring (bicyclic) bond motifs is 1. The molecule has 1 fully saturated rings. The number of benzene rings is 2. The molecule has 1 aliphatic heterocycles. The third-order valence-corrected chi connectivity index (χ3v) is 5.93. The van der Waals surface area contributed by atoms with Gasteiger partial charge in [-0.25, -0.2) is 0 Å². The van der Waals surface area contributed by atoms with Crippen LogP contribution in [-0.2, 0) is 16.1 Å². The number of carbonyl (C=O) groups is 2. The van der Waals surface area contributed by atoms with Crippen molar-refractivity contribution in [2.45, 2.75) is 19.5 Å². The first kappa shape index (κ1) is 19.8. The summed E-state index contributed by atoms with van der Waals surface area (Å²) in [5, 5.41) is 12.1. The average molecular weight is 423 g/mol. The lowest BCUT2D eigenvalue weighted by molar-refractivity contribution is -0.140. The predicted molar refractivity (Wildman–Crippen MR) is 122 cm³/mol. The van der Waals surface area contributed by atoms with E-state index in [1.54, 1.807) is 18.5 Å². The second kappa shape index (κ2) is 7.81. The first-order valence-corrected chi connectivity index (χ1v) is 10.4. The van der Waals surface area contributed by atoms with Crippen molar-refractivity contribution in [3.63, 3.8) is 0 Å². The third kappa shape index (κ3) is 3.17. The van der Waals surface area contributed by atoms with Crippen LogP contribution in [0.3, 0.4) is 0 Å². The Hall–Kier alpha value is -4.19. The molecule has 2 N–H and O–H groups in total. The zero-order valence-electron chi connectivity index (χ0n) is 17.4. The van der Waals surface area contributed by atoms with Crippen LogP contribution >= 0.6 is 0 Å². The smallest absolute Gasteiger partial charge is 0.296 e. The summed E-state index contributed by atoms with van der Waals surface area (Å²) in [6.07, 6.45) is 3.32. The molecule has 0 radical (unpaired) electrons. The molecule has 1 atom stereocenters. The Bertz CT molecular complexity index is 1370. The lowest BCUT2D eigenvalue weighted by Gasteiger charge is -2.26. The van der Waals surface area contributed by atoms with E-state index in [4.69, 9.17) is 0 Å². The number of rotatable bonds is 4. The molecule has 3 heterocycles. The van der Waals surface area contributed by atoms with E-state index in [0.717, 1.165) is 22.0 Å². The van der Waals surface area contributed by atoms with E-state index < -0.39 is 17.7 Å². The maximum absolute atomic E-state index is 13.2. The number of aryl methyl sites for hydroxylation is 1. The number of aromatic nitrogens is 2. The van der Waals surface area contributed by atoms with Crippen molar-refractivity contribution in [3.05, 3.63) is 107 Å². The average Bonchev–Trinajstić information content (AvgIpc) is 3.35. The number of likely N-dealkylation sites (tertiary alicyclic amines) is 1. The van der Waals surface area contributed by atoms with Gasteiger partial charge >= 0.3 is 0 Å². The molecule has 1 amide bonds. The van der Waals surface area contributed by atoms with Crippen molar-refractivity contribution >= 4 is 28.4 Å². The molecule has 6 heteroatoms. The van der Waals surface area contributed by atoms with Crippen molar-refractivity contribution in [2.24, 2.45) is 0 Å². The molecule has 1 aliphatic rings. The molecule has 5 rings (SSSR count). The molecule has 32 heavy (non-hydrogen) atoms. The molecular formula is C26H21N3O3. The minimum absolute atomic E-state index is 0.0879. The molecule has 2 aromatic carbocycles. The van der Waals surface area contributed by atoms with E-state index in [1.165, 1.54) is 4.90 Å². The standard InChI is InChI=1S/C26H21N3O3/c1-16-8-2-3-10-18(16)23-22(24(30)20-14-28-21-12-5-4-11-19(20)21)25(31)26(32)29(23)15-17-9-6-7-13-27-17/h2-14,23,28,30H,15H2,1H3/b24-22+. The fraction of sp³-hybridized carbons (Fsp3) is 0.115. The summed E-state index contributed by atoms with van der Waals surface area (Å²) in [4.78, 5) is 35.3. The van der Waals surface area contributed by atoms with E-state index in [0.29, 0.717) is 11.3 Å². The number of H-pyrrole nitrogens is 1. The van der Waals surface area contributed by atoms with Gasteiger partial charge in [0.25, 0.3) is 11.7 Å². The van der Waals surface area contributed by atoms with Crippen molar-refractivity contribution < 1.29 is 14.7 Å². The van der Waals surface area contributed by atoms with Gasteiger partial charge in [0, 0.05) is 28.9 Å². The van der Waals surface area contributed by atoms with Crippen molar-refractivity contribution in [1.82, 2.24) is 14.9 Å². The van der Waals surface area contributed by atoms with E-state index in [1.807, 2.05) is 67.6 Å². The predicted octanol–water partition coefficient (Wildman–Crippen LogP) is 4.49. The molecule has 4 aromatic rings. The number of aliphatic hydroxyl groups excluding tert-OH is 1. The van der Waals surface area contributed by atoms with Crippen LogP contribution in [-0.4, -0.2) is 31.7 Å². The van der Waals surface area contributed by atoms with Gasteiger partial charge in [-0.3, -0.25) is 14.6 Å². The maximum Gasteiger partial charge on any atom is 0.296 e. The fourth-order valence-electron chi connectivity index (χ4n) is 4.34. The highest BCUT2D eigenvalue weighted by molar-refractivity contribution is 6.46. The van der Waals surface area contributed by atoms with Gasteiger partial charge in [0.15, 0.2) is 0 Å². The van der Waals surface area contributed by atoms with Crippen LogP contribution < -0.4 is 0 Å². The Labute approximate surface area is 184 Å². The Balaban J connectivity index is 1.71. The van der Waals surface area contributed by atoms with E-state index in [2.05, 4.69) is 9.97 Å². The van der Waals surface area contributed by atoms with E-state index >= 15 is 0 Å². The summed E-state index contributed by atoms with van der Waals surface area (Å²) in [6.45, 7) is 2.09. The SMILES string of the molecule is Cc1ccccc1C1/C(=C(\O)c2c[nH]c3ccccc23)C(=O)C(=O)N1Cc1ccccn1. The topological polar surface area (TPSA) is 86.3 Å². The minimum Gasteiger partial charge on any atom is -0.507 e. The normalized spacial score (nSPS) is 17.9. The number of aliphatic hydroxyl groups is 1. The number of pyridine rings is 1. The number of amides is 1. The van der Waals surface area contributed by atoms with Crippen molar-refractivity contribution in [3.8, 4) is 0 Å². The highest BCUT2D eigenvalue weighted by Crippen LogP contribution is 2.42. The van der Waals surface area contributed by atoms with Gasteiger partial charge in [-0.05, 0) is 36.2 Å². The van der Waals surface area contributed by atoms with Gasteiger partial charge in [-0.15, -0.1) is 0 Å². The first-order chi connectivity index (χ1) is 15.6. The summed E-state index contributed by atoms with van der Waals surface area (Å²) in [5.74, 6) is -1.53. The molecule has 0 aliphatic carbocycles. The van der Waals surface area contributed by atoms with E-state index in [-0.39, 0.29) is 17.9 Å². The van der Waals surface area contributed by atoms with Crippen LogP contribution in [0, 0.1) is 6.92 Å². The quantitative estimate of drug-likeness (QED) is 0.288. The van der Waals surface area contributed by atoms with Gasteiger partial charge < -0.3 is 15.0 Å². The van der Waals surface area contributed by atoms with Crippen LogP contribution in [0.2, 0.25) is 0 Å². The zero-order chi connectivity index (χ0) is 22.2. The largest absolute Gasteiger partial charge is 0.507 e. The second-order valence-corrected chi connectivity index (χ2v) is 7.85. The van der Waals surface area contributed by atoms with Crippen LogP contribution in [0.25, 0.3) is 16.7 Å². The number of hydrogen-bond acceptors (Lipinski definition) is 4. The first-order valence-electron chi connectivity index (χ1n) is 10.4. The Morgan fingerprint density at radius 3 is 2.56 bits per heavy atom. The van der Waals surface area contributed by atoms with Gasteiger partial charge in [0.1, 0.15) is 5.76 Å². The van der Waals surface area contributed by atoms with Crippen LogP contribution in [0.15, 0.2) is 84.7 Å². The zero-order valence-corrected chi connectivity index (χ0v) is 17.4. The van der Waals surface area contributed by atoms with E-state index in [9.17, 15) is 14.7 Å². The number of aromatic amines is 1. The summed E-state index contributed by atoms with van der Waals surface area (Å²) in [5.41, 5.74) is 3.81. The van der Waals surface area contributed by atoms with Crippen molar-refractivity contribution in [2.75, 3.05) is 0 Å². The second-order valence-electron chi connectivity index (χ2n) is 7.85. The Morgan fingerprint density at radius 2 is 1.78 bits per heavy atom. The third-order valence-electron chi connectivity index (χ3n) is 5.93. The van der Waals surface area contributed by atoms with Crippen LogP contribution in [0.5, 0.6) is 0 Å². The molecule has 2 aromatic heterocycles. The van der Waals surface area contributed by atoms with Crippen molar-refractivity contribution in [1.29, 1.82) is 0 Å². The minimum atomic E-state index is -0.716. The Kier molecular flexibility index (Phi) is 4.82. The number of Topliss-reactive ketones (excluding diaryl/α,β-unsaturated/α-hetero) is 1. The lowest BCUT2D eigenvalue weighted by Crippen LogP contribution is -2.29. The monoisotopic (exact) mass is 423 g/mol. The number of ketones is 1. The molecule has 0 saturated carbocycles. The highest BCUT2D eigenvalue weighted by Gasteiger charge is 2.46. The van der Waals surface area contributed by atoms with Crippen LogP contribution in [0.1, 0.15) is 28.4 Å². The number of hydrogen-bond donors (Lipinski definition) is 2. The molecule has 1 saturated heterocycles. The van der Waals surface area contributed by atoms with Gasteiger partial charge in [0.05, 0.1) is 23.9 Å². The number of nitrogens with zero attached hydrogens (tertiary/aromatic N) is 2. The highest BCUT2D eigenvalue weighted by atomic mass is 16.3. The molecule has 0 spiro atoms. The summed E-state index contributed by atoms with van der Waals surface area (Å²) in [7, 11) is 0. The summed E-state index contributed by atoms with van der Waals surface area (Å²) < 4.78 is 0. The lowest BCUT2D eigenvalue weighted by atomic mass is 9.92. The molecule has 158 valence electrons. The molecule has 0 bridgehead atoms. The Morgan fingerprint density at radius 1 is 1.03 bits per heavy atom. The van der Waals surface area contributed by atoms with Gasteiger partial charge in [0.2, 0.25) is 0 Å². The summed E-state index contributed by atoms with van der Waals surface area (Å²) in [6, 6.07) is 19.9. The molecule has 6 nitrogen and oxygen atoms in total. The molecule has 1 unspecified atom stereocenters. The van der Waals surface area contributed by atoms with Gasteiger partial charge in [-0.1, -0.05) is 48.5 Å².